The molecule has 11 nitrogen and oxygen atoms in total. The van der Waals surface area contributed by atoms with Crippen LogP contribution in [0.15, 0.2) is 54.9 Å². The third-order valence-electron chi connectivity index (χ3n) is 9.51. The Balaban J connectivity index is 1.18. The van der Waals surface area contributed by atoms with E-state index in [2.05, 4.69) is 11.1 Å². The Labute approximate surface area is 308 Å². The van der Waals surface area contributed by atoms with E-state index in [4.69, 9.17) is 37.8 Å². The van der Waals surface area contributed by atoms with E-state index >= 15 is 0 Å². The van der Waals surface area contributed by atoms with Crippen LogP contribution < -0.4 is 4.74 Å². The fourth-order valence-electron chi connectivity index (χ4n) is 6.12. The molecule has 6 N–H and O–H groups in total. The van der Waals surface area contributed by atoms with Crippen molar-refractivity contribution in [2.75, 3.05) is 26.3 Å². The van der Waals surface area contributed by atoms with Gasteiger partial charge in [0.05, 0.1) is 24.9 Å². The Hall–Kier alpha value is -2.84. The van der Waals surface area contributed by atoms with Gasteiger partial charge in [0.1, 0.15) is 24.1 Å². The Morgan fingerprint density at radius 3 is 2.27 bits per heavy atom. The normalized spacial score (nSPS) is 17.4. The average molecular weight is 748 g/mol. The molecule has 0 aliphatic heterocycles. The zero-order valence-electron chi connectivity index (χ0n) is 28.5. The molecule has 1 amide bonds. The summed E-state index contributed by atoms with van der Waals surface area (Å²) in [6.45, 7) is -0.203. The number of ether oxygens (including phenoxy) is 2. The maximum Gasteiger partial charge on any atom is 0.254 e. The number of carbonyl (C=O) groups excluding carboxylic acids is 1. The van der Waals surface area contributed by atoms with Gasteiger partial charge in [-0.1, -0.05) is 41.4 Å². The van der Waals surface area contributed by atoms with Crippen molar-refractivity contribution in [3.63, 3.8) is 0 Å². The van der Waals surface area contributed by atoms with E-state index in [-0.39, 0.29) is 32.4 Å². The van der Waals surface area contributed by atoms with Gasteiger partial charge in [-0.15, -0.1) is 0 Å². The molecule has 2 saturated carbocycles. The van der Waals surface area contributed by atoms with Gasteiger partial charge in [0, 0.05) is 53.3 Å². The number of amides is 1. The molecule has 51 heavy (non-hydrogen) atoms. The van der Waals surface area contributed by atoms with Crippen molar-refractivity contribution in [3.8, 4) is 16.9 Å². The topological polar surface area (TPSA) is 173 Å². The van der Waals surface area contributed by atoms with E-state index in [9.17, 15) is 30.3 Å². The first-order valence-electron chi connectivity index (χ1n) is 17.6. The number of benzene rings is 2. The number of carbonyl (C=O) groups is 1. The van der Waals surface area contributed by atoms with Crippen LogP contribution in [0.25, 0.3) is 11.1 Å². The molecule has 2 fully saturated rings. The third kappa shape index (κ3) is 10.2. The predicted octanol–water partition coefficient (Wildman–Crippen LogP) is 4.16. The summed E-state index contributed by atoms with van der Waals surface area (Å²) in [4.78, 5) is 18.8. The van der Waals surface area contributed by atoms with Gasteiger partial charge in [0.15, 0.2) is 6.10 Å². The van der Waals surface area contributed by atoms with E-state index in [0.29, 0.717) is 42.1 Å². The SMILES string of the molecule is O=C([C@@H](O)[C@@H](O)[C@H](O)[C@@H](O)CO)N(CCCCO)CCCCc1cc(Cl)c(COC2(c3cnccc3-c3ccccc3OC3CC3)CC2)cc1Cl. The fraction of sp³-hybridized carbons (Fsp3) is 0.526. The third-order valence-corrected chi connectivity index (χ3v) is 10.2. The smallest absolute Gasteiger partial charge is 0.254 e. The molecule has 0 spiro atoms. The lowest BCUT2D eigenvalue weighted by Crippen LogP contribution is -2.53. The zero-order valence-corrected chi connectivity index (χ0v) is 30.1. The fourth-order valence-corrected chi connectivity index (χ4v) is 6.64. The quantitative estimate of drug-likeness (QED) is 0.0870. The van der Waals surface area contributed by atoms with E-state index in [1.54, 1.807) is 6.20 Å². The number of aryl methyl sites for hydroxylation is 1. The van der Waals surface area contributed by atoms with Crippen LogP contribution in [-0.4, -0.2) is 103 Å². The number of nitrogens with zero attached hydrogens (tertiary/aromatic N) is 2. The van der Waals surface area contributed by atoms with Crippen LogP contribution >= 0.6 is 23.2 Å². The monoisotopic (exact) mass is 746 g/mol. The number of aliphatic hydroxyl groups excluding tert-OH is 6. The van der Waals surface area contributed by atoms with Crippen molar-refractivity contribution >= 4 is 29.1 Å². The molecule has 2 aromatic carbocycles. The Kier molecular flexibility index (Phi) is 14.1. The van der Waals surface area contributed by atoms with Crippen molar-refractivity contribution in [2.24, 2.45) is 0 Å². The average Bonchev–Trinajstić information content (AvgIpc) is 4.09. The molecule has 3 aromatic rings. The van der Waals surface area contributed by atoms with Crippen molar-refractivity contribution < 1.29 is 44.9 Å². The summed E-state index contributed by atoms with van der Waals surface area (Å²) in [6, 6.07) is 13.7. The van der Waals surface area contributed by atoms with Gasteiger partial charge < -0.3 is 45.0 Å². The standard InChI is InChI=1S/C38H48Cl2N2O9/c39-30-20-25(23-50-38(13-14-38)29-21-41-15-12-27(29)28-8-1-2-9-33(28)51-26-10-11-26)31(40)19-24(30)7-3-4-16-42(17-5-6-18-43)37(49)36(48)35(47)34(46)32(45)22-44/h1-2,8-9,12,15,19-21,26,32,34-36,43-48H,3-7,10-11,13-14,16-18,22-23H2/t32-,34+,35-,36-/m0/s1. The van der Waals surface area contributed by atoms with Crippen LogP contribution in [0.4, 0.5) is 0 Å². The number of halogens is 2. The van der Waals surface area contributed by atoms with Crippen molar-refractivity contribution in [3.05, 3.63) is 81.6 Å². The largest absolute Gasteiger partial charge is 0.490 e. The van der Waals surface area contributed by atoms with E-state index in [0.717, 1.165) is 59.3 Å². The highest BCUT2D eigenvalue weighted by atomic mass is 35.5. The molecular weight excluding hydrogens is 699 g/mol. The summed E-state index contributed by atoms with van der Waals surface area (Å²) in [5.41, 5.74) is 4.18. The Bertz CT molecular complexity index is 1600. The highest BCUT2D eigenvalue weighted by molar-refractivity contribution is 6.34. The second-order valence-electron chi connectivity index (χ2n) is 13.4. The van der Waals surface area contributed by atoms with Crippen LogP contribution in [0, 0.1) is 0 Å². The summed E-state index contributed by atoms with van der Waals surface area (Å²) in [6.07, 6.45) is 2.77. The number of hydrogen-bond donors (Lipinski definition) is 6. The lowest BCUT2D eigenvalue weighted by atomic mass is 9.96. The van der Waals surface area contributed by atoms with Gasteiger partial charge in [-0.05, 0) is 98.7 Å². The van der Waals surface area contributed by atoms with Crippen LogP contribution in [0.2, 0.25) is 10.0 Å². The summed E-state index contributed by atoms with van der Waals surface area (Å²) in [5.74, 6) is 0.0403. The van der Waals surface area contributed by atoms with E-state index < -0.39 is 42.5 Å². The van der Waals surface area contributed by atoms with Crippen molar-refractivity contribution in [2.45, 2.75) is 101 Å². The number of aliphatic hydroxyl groups is 6. The number of unbranched alkanes of at least 4 members (excludes halogenated alkanes) is 2. The highest BCUT2D eigenvalue weighted by Gasteiger charge is 2.48. The van der Waals surface area contributed by atoms with Crippen molar-refractivity contribution in [1.82, 2.24) is 9.88 Å². The first kappa shape index (κ1) is 39.4. The summed E-state index contributed by atoms with van der Waals surface area (Å²) in [7, 11) is 0. The van der Waals surface area contributed by atoms with Crippen LogP contribution in [0.1, 0.15) is 68.1 Å². The lowest BCUT2D eigenvalue weighted by Gasteiger charge is -2.30. The van der Waals surface area contributed by atoms with Crippen LogP contribution in [0.5, 0.6) is 5.75 Å². The number of para-hydroxylation sites is 1. The number of hydrogen-bond acceptors (Lipinski definition) is 10. The van der Waals surface area contributed by atoms with Crippen molar-refractivity contribution in [1.29, 1.82) is 0 Å². The second-order valence-corrected chi connectivity index (χ2v) is 14.3. The lowest BCUT2D eigenvalue weighted by molar-refractivity contribution is -0.158. The summed E-state index contributed by atoms with van der Waals surface area (Å²) >= 11 is 13.5. The number of rotatable bonds is 21. The summed E-state index contributed by atoms with van der Waals surface area (Å²) in [5, 5.41) is 59.5. The molecule has 278 valence electrons. The van der Waals surface area contributed by atoms with Crippen LogP contribution in [-0.2, 0) is 28.2 Å². The van der Waals surface area contributed by atoms with Gasteiger partial charge in [-0.25, -0.2) is 0 Å². The number of aromatic nitrogens is 1. The molecule has 1 aromatic heterocycles. The predicted molar refractivity (Wildman–Crippen MR) is 192 cm³/mol. The maximum absolute atomic E-state index is 13.0. The Morgan fingerprint density at radius 2 is 1.59 bits per heavy atom. The van der Waals surface area contributed by atoms with Gasteiger partial charge in [-0.3, -0.25) is 9.78 Å². The molecular formula is C38H48Cl2N2O9. The van der Waals surface area contributed by atoms with Gasteiger partial charge in [0.25, 0.3) is 5.91 Å². The molecule has 0 unspecified atom stereocenters. The van der Waals surface area contributed by atoms with Gasteiger partial charge in [-0.2, -0.15) is 0 Å². The molecule has 4 atom stereocenters. The minimum absolute atomic E-state index is 0.0648. The molecule has 5 rings (SSSR count). The minimum atomic E-state index is -2.00. The Morgan fingerprint density at radius 1 is 0.902 bits per heavy atom. The van der Waals surface area contributed by atoms with E-state index in [1.165, 1.54) is 4.90 Å². The molecule has 13 heteroatoms. The minimum Gasteiger partial charge on any atom is -0.490 e. The summed E-state index contributed by atoms with van der Waals surface area (Å²) < 4.78 is 12.8. The zero-order chi connectivity index (χ0) is 36.5. The molecule has 1 heterocycles. The molecule has 2 aliphatic rings. The highest BCUT2D eigenvalue weighted by Crippen LogP contribution is 2.53. The molecule has 2 aliphatic carbocycles. The van der Waals surface area contributed by atoms with E-state index in [1.807, 2.05) is 42.6 Å². The van der Waals surface area contributed by atoms with Gasteiger partial charge in [0.2, 0.25) is 0 Å². The molecule has 0 saturated heterocycles. The maximum atomic E-state index is 13.0. The first-order chi connectivity index (χ1) is 24.6. The molecule has 0 bridgehead atoms. The second kappa shape index (κ2) is 18.3. The first-order valence-corrected chi connectivity index (χ1v) is 18.4. The number of pyridine rings is 1. The van der Waals surface area contributed by atoms with Crippen LogP contribution in [0.3, 0.4) is 0 Å². The molecule has 0 radical (unpaired) electrons. The van der Waals surface area contributed by atoms with Gasteiger partial charge >= 0.3 is 0 Å².